The van der Waals surface area contributed by atoms with Crippen molar-refractivity contribution in [1.29, 1.82) is 0 Å². The second-order valence-corrected chi connectivity index (χ2v) is 7.86. The Morgan fingerprint density at radius 2 is 1.70 bits per heavy atom. The summed E-state index contributed by atoms with van der Waals surface area (Å²) in [7, 11) is 0. The Labute approximate surface area is 175 Å². The normalized spacial score (nSPS) is 18.1. The molecule has 0 bridgehead atoms. The van der Waals surface area contributed by atoms with Crippen LogP contribution in [0.4, 0.5) is 14.9 Å². The van der Waals surface area contributed by atoms with E-state index in [0.29, 0.717) is 37.6 Å². The average molecular weight is 411 g/mol. The van der Waals surface area contributed by atoms with Crippen molar-refractivity contribution in [2.45, 2.75) is 31.2 Å². The van der Waals surface area contributed by atoms with Gasteiger partial charge in [-0.25, -0.2) is 9.18 Å². The molecule has 0 unspecified atom stereocenters. The number of hydrogen-bond donors (Lipinski definition) is 2. The Bertz CT molecular complexity index is 904. The van der Waals surface area contributed by atoms with Crippen LogP contribution in [0.1, 0.15) is 41.6 Å². The minimum absolute atomic E-state index is 0.0686. The van der Waals surface area contributed by atoms with Crippen LogP contribution >= 0.6 is 0 Å². The van der Waals surface area contributed by atoms with E-state index < -0.39 is 5.54 Å². The molecule has 0 atom stereocenters. The molecule has 1 saturated heterocycles. The number of anilines is 1. The van der Waals surface area contributed by atoms with Gasteiger partial charge >= 0.3 is 6.03 Å². The topological polar surface area (TPSA) is 70.7 Å². The van der Waals surface area contributed by atoms with E-state index in [9.17, 15) is 14.0 Å². The fourth-order valence-electron chi connectivity index (χ4n) is 4.29. The van der Waals surface area contributed by atoms with Gasteiger partial charge in [-0.15, -0.1) is 0 Å². The Morgan fingerprint density at radius 1 is 1.00 bits per heavy atom. The van der Waals surface area contributed by atoms with Gasteiger partial charge in [0.2, 0.25) is 0 Å². The van der Waals surface area contributed by atoms with Gasteiger partial charge in [0.25, 0.3) is 5.91 Å². The first-order chi connectivity index (χ1) is 14.6. The molecule has 7 heteroatoms. The van der Waals surface area contributed by atoms with Crippen molar-refractivity contribution in [2.75, 3.05) is 31.6 Å². The lowest BCUT2D eigenvalue weighted by molar-refractivity contribution is 0.0303. The first-order valence-corrected chi connectivity index (χ1v) is 10.4. The zero-order chi connectivity index (χ0) is 21.0. The number of urea groups is 1. The van der Waals surface area contributed by atoms with Gasteiger partial charge in [0.15, 0.2) is 0 Å². The summed E-state index contributed by atoms with van der Waals surface area (Å²) in [6.45, 7) is 2.21. The molecule has 2 fully saturated rings. The Kier molecular flexibility index (Phi) is 5.99. The summed E-state index contributed by atoms with van der Waals surface area (Å²) < 4.78 is 18.6. The maximum absolute atomic E-state index is 13.3. The molecular weight excluding hydrogens is 385 g/mol. The lowest BCUT2D eigenvalue weighted by atomic mass is 9.88. The summed E-state index contributed by atoms with van der Waals surface area (Å²) >= 11 is 0. The lowest BCUT2D eigenvalue weighted by Gasteiger charge is -2.31. The molecule has 2 N–H and O–H groups in total. The predicted octanol–water partition coefficient (Wildman–Crippen LogP) is 3.89. The molecule has 158 valence electrons. The fraction of sp³-hybridized carbons (Fsp3) is 0.391. The van der Waals surface area contributed by atoms with E-state index >= 15 is 0 Å². The van der Waals surface area contributed by atoms with Crippen molar-refractivity contribution < 1.29 is 18.7 Å². The second-order valence-electron chi connectivity index (χ2n) is 7.86. The number of rotatable bonds is 4. The standard InChI is InChI=1S/C23H26FN3O3/c24-19-8-6-18(7-9-19)23(10-1-2-11-23)26-22(29)25-20-5-3-4-17(16-20)21(28)27-12-14-30-15-13-27/h3-9,16H,1-2,10-15H2,(H2,25,26,29). The zero-order valence-electron chi connectivity index (χ0n) is 16.8. The lowest BCUT2D eigenvalue weighted by Crippen LogP contribution is -2.45. The molecular formula is C23H26FN3O3. The van der Waals surface area contributed by atoms with Gasteiger partial charge in [-0.05, 0) is 48.7 Å². The largest absolute Gasteiger partial charge is 0.378 e. The van der Waals surface area contributed by atoms with Gasteiger partial charge in [0, 0.05) is 24.3 Å². The molecule has 1 aliphatic carbocycles. The van der Waals surface area contributed by atoms with Gasteiger partial charge in [-0.1, -0.05) is 31.0 Å². The van der Waals surface area contributed by atoms with E-state index in [2.05, 4.69) is 10.6 Å². The van der Waals surface area contributed by atoms with Crippen LogP contribution in [0.3, 0.4) is 0 Å². The van der Waals surface area contributed by atoms with E-state index in [4.69, 9.17) is 4.74 Å². The fourth-order valence-corrected chi connectivity index (χ4v) is 4.29. The molecule has 3 amide bonds. The number of carbonyl (C=O) groups is 2. The van der Waals surface area contributed by atoms with Crippen LogP contribution in [0.2, 0.25) is 0 Å². The highest BCUT2D eigenvalue weighted by Crippen LogP contribution is 2.38. The van der Waals surface area contributed by atoms with Crippen molar-refractivity contribution in [2.24, 2.45) is 0 Å². The molecule has 0 spiro atoms. The monoisotopic (exact) mass is 411 g/mol. The molecule has 4 rings (SSSR count). The molecule has 6 nitrogen and oxygen atoms in total. The summed E-state index contributed by atoms with van der Waals surface area (Å²) in [5.74, 6) is -0.362. The minimum Gasteiger partial charge on any atom is -0.378 e. The predicted molar refractivity (Wildman–Crippen MR) is 112 cm³/mol. The maximum atomic E-state index is 13.3. The molecule has 30 heavy (non-hydrogen) atoms. The number of amides is 3. The molecule has 2 aliphatic rings. The number of morpholine rings is 1. The quantitative estimate of drug-likeness (QED) is 0.802. The number of carbonyl (C=O) groups excluding carboxylic acids is 2. The van der Waals surface area contributed by atoms with Gasteiger partial charge in [0.1, 0.15) is 5.82 Å². The number of nitrogens with one attached hydrogen (secondary N) is 2. The molecule has 2 aromatic carbocycles. The molecule has 1 saturated carbocycles. The van der Waals surface area contributed by atoms with Gasteiger partial charge in [-0.3, -0.25) is 4.79 Å². The van der Waals surface area contributed by atoms with E-state index in [1.165, 1.54) is 12.1 Å². The third-order valence-corrected chi connectivity index (χ3v) is 5.87. The Hall–Kier alpha value is -2.93. The molecule has 2 aromatic rings. The van der Waals surface area contributed by atoms with E-state index in [1.54, 1.807) is 41.3 Å². The summed E-state index contributed by atoms with van der Waals surface area (Å²) in [6.07, 6.45) is 3.62. The van der Waals surface area contributed by atoms with Gasteiger partial charge in [-0.2, -0.15) is 0 Å². The first-order valence-electron chi connectivity index (χ1n) is 10.4. The number of benzene rings is 2. The average Bonchev–Trinajstić information content (AvgIpc) is 3.24. The molecule has 1 aliphatic heterocycles. The molecule has 0 radical (unpaired) electrons. The third-order valence-electron chi connectivity index (χ3n) is 5.87. The highest BCUT2D eigenvalue weighted by atomic mass is 19.1. The summed E-state index contributed by atoms with van der Waals surface area (Å²) in [6, 6.07) is 13.0. The summed E-state index contributed by atoms with van der Waals surface area (Å²) in [5, 5.41) is 5.96. The van der Waals surface area contributed by atoms with Crippen LogP contribution < -0.4 is 10.6 Å². The van der Waals surface area contributed by atoms with Crippen molar-refractivity contribution >= 4 is 17.6 Å². The minimum atomic E-state index is -0.501. The van der Waals surface area contributed by atoms with Crippen LogP contribution in [0.5, 0.6) is 0 Å². The van der Waals surface area contributed by atoms with Crippen LogP contribution in [-0.4, -0.2) is 43.1 Å². The zero-order valence-corrected chi connectivity index (χ0v) is 16.8. The summed E-state index contributed by atoms with van der Waals surface area (Å²) in [4.78, 5) is 27.2. The Morgan fingerprint density at radius 3 is 2.40 bits per heavy atom. The second kappa shape index (κ2) is 8.83. The molecule has 1 heterocycles. The van der Waals surface area contributed by atoms with Gasteiger partial charge in [0.05, 0.1) is 18.8 Å². The van der Waals surface area contributed by atoms with Crippen LogP contribution in [0.25, 0.3) is 0 Å². The number of hydrogen-bond acceptors (Lipinski definition) is 3. The van der Waals surface area contributed by atoms with Crippen LogP contribution in [0.15, 0.2) is 48.5 Å². The maximum Gasteiger partial charge on any atom is 0.319 e. The van der Waals surface area contributed by atoms with Crippen molar-refractivity contribution in [3.8, 4) is 0 Å². The van der Waals surface area contributed by atoms with Crippen LogP contribution in [-0.2, 0) is 10.3 Å². The molecule has 0 aromatic heterocycles. The number of halogens is 1. The number of nitrogens with zero attached hydrogens (tertiary/aromatic N) is 1. The highest BCUT2D eigenvalue weighted by Gasteiger charge is 2.37. The van der Waals surface area contributed by atoms with Crippen molar-refractivity contribution in [3.05, 3.63) is 65.5 Å². The third kappa shape index (κ3) is 4.46. The first kappa shape index (κ1) is 20.3. The Balaban J connectivity index is 1.45. The van der Waals surface area contributed by atoms with E-state index in [0.717, 1.165) is 31.2 Å². The van der Waals surface area contributed by atoms with E-state index in [1.807, 2.05) is 0 Å². The van der Waals surface area contributed by atoms with Crippen molar-refractivity contribution in [1.82, 2.24) is 10.2 Å². The highest BCUT2D eigenvalue weighted by molar-refractivity contribution is 5.97. The SMILES string of the molecule is O=C(Nc1cccc(C(=O)N2CCOCC2)c1)NC1(c2ccc(F)cc2)CCCC1. The van der Waals surface area contributed by atoms with Crippen molar-refractivity contribution in [3.63, 3.8) is 0 Å². The summed E-state index contributed by atoms with van der Waals surface area (Å²) in [5.41, 5.74) is 1.49. The van der Waals surface area contributed by atoms with Gasteiger partial charge < -0.3 is 20.3 Å². The smallest absolute Gasteiger partial charge is 0.319 e. The van der Waals surface area contributed by atoms with E-state index in [-0.39, 0.29) is 17.8 Å². The van der Waals surface area contributed by atoms with Crippen LogP contribution in [0, 0.1) is 5.82 Å². The number of ether oxygens (including phenoxy) is 1.